The van der Waals surface area contributed by atoms with Crippen molar-refractivity contribution in [2.24, 2.45) is 5.10 Å². The van der Waals surface area contributed by atoms with Crippen molar-refractivity contribution in [2.45, 2.75) is 13.8 Å². The minimum Gasteiger partial charge on any atom is -0.461 e. The number of esters is 1. The number of carbonyl (C=O) groups is 1. The first kappa shape index (κ1) is 12.4. The lowest BCUT2D eigenvalue weighted by atomic mass is 10.4. The van der Waals surface area contributed by atoms with E-state index in [1.54, 1.807) is 32.2 Å². The molecule has 1 heterocycles. The summed E-state index contributed by atoms with van der Waals surface area (Å²) < 4.78 is 4.76. The molecule has 0 radical (unpaired) electrons. The van der Waals surface area contributed by atoms with Crippen molar-refractivity contribution in [3.8, 4) is 0 Å². The Bertz CT molecular complexity index is 407. The van der Waals surface area contributed by atoms with Gasteiger partial charge in [0.2, 0.25) is 0 Å². The number of rotatable bonds is 4. The first-order valence-corrected chi connectivity index (χ1v) is 5.11. The second-order valence-electron chi connectivity index (χ2n) is 2.87. The van der Waals surface area contributed by atoms with E-state index in [1.165, 1.54) is 0 Å². The van der Waals surface area contributed by atoms with Crippen LogP contribution < -0.4 is 5.43 Å². The maximum absolute atomic E-state index is 11.2. The molecule has 0 aromatic carbocycles. The molecule has 0 atom stereocenters. The van der Waals surface area contributed by atoms with E-state index in [0.29, 0.717) is 17.4 Å². The molecule has 0 bridgehead atoms. The van der Waals surface area contributed by atoms with Gasteiger partial charge in [0, 0.05) is 6.20 Å². The average Bonchev–Trinajstić information content (AvgIpc) is 2.28. The first-order chi connectivity index (χ1) is 7.65. The lowest BCUT2D eigenvalue weighted by Gasteiger charge is -2.03. The molecule has 0 aliphatic rings. The van der Waals surface area contributed by atoms with Gasteiger partial charge in [-0.15, -0.1) is 0 Å². The molecule has 0 fully saturated rings. The van der Waals surface area contributed by atoms with Crippen LogP contribution in [-0.2, 0) is 9.53 Å². The summed E-state index contributed by atoms with van der Waals surface area (Å²) in [5.74, 6) is -0.463. The number of nitrogens with zero attached hydrogens (tertiary/aromatic N) is 2. The monoisotopic (exact) mass is 241 g/mol. The zero-order valence-corrected chi connectivity index (χ0v) is 9.78. The van der Waals surface area contributed by atoms with E-state index < -0.39 is 5.97 Å². The maximum atomic E-state index is 11.2. The Balaban J connectivity index is 2.66. The normalized spacial score (nSPS) is 11.1. The van der Waals surface area contributed by atoms with Crippen molar-refractivity contribution in [1.29, 1.82) is 0 Å². The van der Waals surface area contributed by atoms with E-state index in [-0.39, 0.29) is 5.71 Å². The molecule has 86 valence electrons. The molecule has 1 rings (SSSR count). The van der Waals surface area contributed by atoms with Crippen LogP contribution in [0.4, 0.5) is 5.69 Å². The average molecular weight is 242 g/mol. The maximum Gasteiger partial charge on any atom is 0.354 e. The molecule has 6 heteroatoms. The summed E-state index contributed by atoms with van der Waals surface area (Å²) in [7, 11) is 0. The number of nitrogens with one attached hydrogen (secondary N) is 1. The summed E-state index contributed by atoms with van der Waals surface area (Å²) >= 11 is 5.79. The SMILES string of the molecule is CCOC(=O)/C(C)=N\Nc1cccnc1Cl. The van der Waals surface area contributed by atoms with E-state index in [4.69, 9.17) is 16.3 Å². The Labute approximate surface area is 98.5 Å². The molecule has 0 aliphatic carbocycles. The van der Waals surface area contributed by atoms with Crippen LogP contribution in [0.3, 0.4) is 0 Å². The highest BCUT2D eigenvalue weighted by molar-refractivity contribution is 6.35. The highest BCUT2D eigenvalue weighted by Gasteiger charge is 2.06. The van der Waals surface area contributed by atoms with E-state index in [2.05, 4.69) is 15.5 Å². The van der Waals surface area contributed by atoms with E-state index >= 15 is 0 Å². The van der Waals surface area contributed by atoms with Gasteiger partial charge in [-0.25, -0.2) is 9.78 Å². The van der Waals surface area contributed by atoms with Crippen LogP contribution in [0, 0.1) is 0 Å². The number of hydrazone groups is 1. The van der Waals surface area contributed by atoms with Gasteiger partial charge >= 0.3 is 5.97 Å². The molecule has 1 aromatic heterocycles. The van der Waals surface area contributed by atoms with Crippen LogP contribution in [0.5, 0.6) is 0 Å². The van der Waals surface area contributed by atoms with E-state index in [9.17, 15) is 4.79 Å². The molecule has 5 nitrogen and oxygen atoms in total. The Kier molecular flexibility index (Phi) is 4.72. The Morgan fingerprint density at radius 3 is 3.06 bits per heavy atom. The fourth-order valence-electron chi connectivity index (χ4n) is 0.895. The van der Waals surface area contributed by atoms with Gasteiger partial charge in [-0.1, -0.05) is 11.6 Å². The zero-order chi connectivity index (χ0) is 12.0. The van der Waals surface area contributed by atoms with Crippen LogP contribution in [0.2, 0.25) is 5.15 Å². The highest BCUT2D eigenvalue weighted by atomic mass is 35.5. The quantitative estimate of drug-likeness (QED) is 0.379. The van der Waals surface area contributed by atoms with Crippen LogP contribution in [0.25, 0.3) is 0 Å². The molecule has 0 spiro atoms. The van der Waals surface area contributed by atoms with Gasteiger partial charge in [0.1, 0.15) is 5.71 Å². The molecule has 1 N–H and O–H groups in total. The molecule has 1 aromatic rings. The van der Waals surface area contributed by atoms with Gasteiger partial charge in [0.15, 0.2) is 5.15 Å². The number of hydrogen-bond donors (Lipinski definition) is 1. The number of pyridine rings is 1. The van der Waals surface area contributed by atoms with Gasteiger partial charge in [-0.05, 0) is 26.0 Å². The number of ether oxygens (including phenoxy) is 1. The molecule has 0 saturated heterocycles. The third-order valence-corrected chi connectivity index (χ3v) is 1.98. The Hall–Kier alpha value is -1.62. The van der Waals surface area contributed by atoms with Gasteiger partial charge in [-0.3, -0.25) is 5.43 Å². The highest BCUT2D eigenvalue weighted by Crippen LogP contribution is 2.17. The summed E-state index contributed by atoms with van der Waals surface area (Å²) in [4.78, 5) is 15.1. The van der Waals surface area contributed by atoms with Gasteiger partial charge in [0.05, 0.1) is 12.3 Å². The van der Waals surface area contributed by atoms with Crippen LogP contribution in [0.1, 0.15) is 13.8 Å². The fourth-order valence-corrected chi connectivity index (χ4v) is 1.06. The van der Waals surface area contributed by atoms with Crippen LogP contribution in [-0.4, -0.2) is 23.3 Å². The minimum atomic E-state index is -0.463. The first-order valence-electron chi connectivity index (χ1n) is 4.73. The van der Waals surface area contributed by atoms with Crippen molar-refractivity contribution in [3.05, 3.63) is 23.5 Å². The molecule has 16 heavy (non-hydrogen) atoms. The third kappa shape index (κ3) is 3.51. The zero-order valence-electron chi connectivity index (χ0n) is 9.03. The standard InChI is InChI=1S/C10H12ClN3O2/c1-3-16-10(15)7(2)13-14-8-5-4-6-12-9(8)11/h4-6,14H,3H2,1-2H3/b13-7-. The summed E-state index contributed by atoms with van der Waals surface area (Å²) in [6.45, 7) is 3.60. The lowest BCUT2D eigenvalue weighted by Crippen LogP contribution is -2.15. The van der Waals surface area contributed by atoms with Crippen molar-refractivity contribution in [3.63, 3.8) is 0 Å². The van der Waals surface area contributed by atoms with Crippen molar-refractivity contribution >= 4 is 29.0 Å². The number of aromatic nitrogens is 1. The third-order valence-electron chi connectivity index (χ3n) is 1.67. The van der Waals surface area contributed by atoms with E-state index in [1.807, 2.05) is 0 Å². The Morgan fingerprint density at radius 1 is 1.69 bits per heavy atom. The molecular weight excluding hydrogens is 230 g/mol. The fraction of sp³-hybridized carbons (Fsp3) is 0.300. The predicted molar refractivity (Wildman–Crippen MR) is 62.6 cm³/mol. The number of halogens is 1. The molecule has 0 unspecified atom stereocenters. The van der Waals surface area contributed by atoms with Crippen LogP contribution >= 0.6 is 11.6 Å². The van der Waals surface area contributed by atoms with Gasteiger partial charge in [0.25, 0.3) is 0 Å². The topological polar surface area (TPSA) is 63.6 Å². The second kappa shape index (κ2) is 6.07. The second-order valence-corrected chi connectivity index (χ2v) is 3.23. The van der Waals surface area contributed by atoms with Crippen molar-refractivity contribution < 1.29 is 9.53 Å². The minimum absolute atomic E-state index is 0.224. The number of carbonyl (C=O) groups excluding carboxylic acids is 1. The smallest absolute Gasteiger partial charge is 0.354 e. The summed E-state index contributed by atoms with van der Waals surface area (Å²) in [5, 5.41) is 4.14. The summed E-state index contributed by atoms with van der Waals surface area (Å²) in [6.07, 6.45) is 1.56. The van der Waals surface area contributed by atoms with Crippen molar-refractivity contribution in [1.82, 2.24) is 4.98 Å². The molecule has 0 saturated carbocycles. The van der Waals surface area contributed by atoms with E-state index in [0.717, 1.165) is 0 Å². The largest absolute Gasteiger partial charge is 0.461 e. The Morgan fingerprint density at radius 2 is 2.44 bits per heavy atom. The van der Waals surface area contributed by atoms with Crippen LogP contribution in [0.15, 0.2) is 23.4 Å². The number of anilines is 1. The van der Waals surface area contributed by atoms with Gasteiger partial charge in [-0.2, -0.15) is 5.10 Å². The predicted octanol–water partition coefficient (Wildman–Crippen LogP) is 2.09. The lowest BCUT2D eigenvalue weighted by molar-refractivity contribution is -0.135. The molecular formula is C10H12ClN3O2. The van der Waals surface area contributed by atoms with Crippen molar-refractivity contribution in [2.75, 3.05) is 12.0 Å². The number of hydrogen-bond acceptors (Lipinski definition) is 5. The molecule has 0 amide bonds. The van der Waals surface area contributed by atoms with Gasteiger partial charge < -0.3 is 4.74 Å². The summed E-state index contributed by atoms with van der Waals surface area (Å²) in [5.41, 5.74) is 3.40. The molecule has 0 aliphatic heterocycles. The summed E-state index contributed by atoms with van der Waals surface area (Å²) in [6, 6.07) is 3.42.